The largest absolute Gasteiger partial charge is 0.339 e. The second-order valence-corrected chi connectivity index (χ2v) is 7.78. The van der Waals surface area contributed by atoms with Crippen LogP contribution in [0.3, 0.4) is 0 Å². The SMILES string of the molecule is Cc1cc(F)c2[nH]c(=O)cc(C(=O)Nc3cnn(CC(=O)N4CCN(C)CC4)c3)c2c1. The highest BCUT2D eigenvalue weighted by molar-refractivity contribution is 6.12. The lowest BCUT2D eigenvalue weighted by atomic mass is 10.1. The normalized spacial score (nSPS) is 14.7. The van der Waals surface area contributed by atoms with E-state index in [-0.39, 0.29) is 23.5 Å². The van der Waals surface area contributed by atoms with Gasteiger partial charge in [0.2, 0.25) is 11.5 Å². The number of nitrogens with zero attached hydrogens (tertiary/aromatic N) is 4. The Hall–Kier alpha value is -3.53. The predicted molar refractivity (Wildman–Crippen MR) is 114 cm³/mol. The van der Waals surface area contributed by atoms with E-state index in [9.17, 15) is 18.8 Å². The molecule has 0 spiro atoms. The predicted octanol–water partition coefficient (Wildman–Crippen LogP) is 1.20. The highest BCUT2D eigenvalue weighted by Crippen LogP contribution is 2.21. The molecule has 1 saturated heterocycles. The van der Waals surface area contributed by atoms with Gasteiger partial charge in [-0.25, -0.2) is 4.39 Å². The quantitative estimate of drug-likeness (QED) is 0.653. The van der Waals surface area contributed by atoms with Crippen molar-refractivity contribution in [3.05, 3.63) is 57.9 Å². The molecule has 1 aliphatic rings. The van der Waals surface area contributed by atoms with Gasteiger partial charge in [0.05, 0.1) is 23.0 Å². The van der Waals surface area contributed by atoms with E-state index < -0.39 is 17.3 Å². The van der Waals surface area contributed by atoms with Crippen LogP contribution in [0.2, 0.25) is 0 Å². The summed E-state index contributed by atoms with van der Waals surface area (Å²) < 4.78 is 15.7. The van der Waals surface area contributed by atoms with E-state index in [0.29, 0.717) is 29.7 Å². The maximum atomic E-state index is 14.2. The fraction of sp³-hybridized carbons (Fsp3) is 0.333. The number of halogens is 1. The second kappa shape index (κ2) is 8.31. The van der Waals surface area contributed by atoms with Crippen molar-refractivity contribution in [2.24, 2.45) is 0 Å². The molecule has 0 unspecified atom stereocenters. The lowest BCUT2D eigenvalue weighted by Crippen LogP contribution is -2.48. The first-order valence-corrected chi connectivity index (χ1v) is 9.93. The van der Waals surface area contributed by atoms with Crippen LogP contribution in [0.15, 0.2) is 35.4 Å². The minimum atomic E-state index is -0.600. The third kappa shape index (κ3) is 4.48. The number of pyridine rings is 1. The summed E-state index contributed by atoms with van der Waals surface area (Å²) in [6, 6.07) is 4.07. The number of nitrogens with one attached hydrogen (secondary N) is 2. The maximum absolute atomic E-state index is 14.2. The van der Waals surface area contributed by atoms with Gasteiger partial charge in [-0.2, -0.15) is 5.10 Å². The van der Waals surface area contributed by atoms with Crippen molar-refractivity contribution in [3.63, 3.8) is 0 Å². The van der Waals surface area contributed by atoms with Crippen LogP contribution in [0.4, 0.5) is 10.1 Å². The highest BCUT2D eigenvalue weighted by atomic mass is 19.1. The smallest absolute Gasteiger partial charge is 0.256 e. The van der Waals surface area contributed by atoms with Gasteiger partial charge in [0.25, 0.3) is 5.91 Å². The van der Waals surface area contributed by atoms with E-state index in [2.05, 4.69) is 20.3 Å². The zero-order chi connectivity index (χ0) is 22.1. The fourth-order valence-electron chi connectivity index (χ4n) is 3.65. The highest BCUT2D eigenvalue weighted by Gasteiger charge is 2.20. The number of hydrogen-bond donors (Lipinski definition) is 2. The maximum Gasteiger partial charge on any atom is 0.256 e. The summed E-state index contributed by atoms with van der Waals surface area (Å²) in [6.07, 6.45) is 2.98. The van der Waals surface area contributed by atoms with Gasteiger partial charge in [-0.15, -0.1) is 0 Å². The van der Waals surface area contributed by atoms with E-state index in [1.54, 1.807) is 24.1 Å². The number of H-pyrrole nitrogens is 1. The molecule has 1 fully saturated rings. The first kappa shape index (κ1) is 20.7. The molecule has 0 atom stereocenters. The van der Waals surface area contributed by atoms with Gasteiger partial charge in [-0.1, -0.05) is 0 Å². The number of carbonyl (C=O) groups is 2. The van der Waals surface area contributed by atoms with E-state index in [1.165, 1.54) is 16.9 Å². The standard InChI is InChI=1S/C21H23FN6O3/c1-13-7-15-16(9-18(29)25-20(15)17(22)8-13)21(31)24-14-10-23-28(11-14)12-19(30)27-5-3-26(2)4-6-27/h7-11H,3-6,12H2,1-2H3,(H,24,31)(H,25,29). The Morgan fingerprint density at radius 2 is 1.94 bits per heavy atom. The number of aromatic nitrogens is 3. The van der Waals surface area contributed by atoms with Crippen LogP contribution >= 0.6 is 0 Å². The first-order chi connectivity index (χ1) is 14.8. The molecule has 31 heavy (non-hydrogen) atoms. The molecule has 3 heterocycles. The number of aromatic amines is 1. The molecular formula is C21H23FN6O3. The number of aryl methyl sites for hydroxylation is 1. The lowest BCUT2D eigenvalue weighted by Gasteiger charge is -2.32. The van der Waals surface area contributed by atoms with Gasteiger partial charge in [0, 0.05) is 43.8 Å². The monoisotopic (exact) mass is 426 g/mol. The number of amides is 2. The number of piperazine rings is 1. The minimum absolute atomic E-state index is 0.0169. The summed E-state index contributed by atoms with van der Waals surface area (Å²) in [5.41, 5.74) is 0.465. The average Bonchev–Trinajstić information content (AvgIpc) is 3.15. The fourth-order valence-corrected chi connectivity index (χ4v) is 3.65. The first-order valence-electron chi connectivity index (χ1n) is 9.93. The summed E-state index contributed by atoms with van der Waals surface area (Å²) in [6.45, 7) is 4.78. The van der Waals surface area contributed by atoms with Crippen molar-refractivity contribution in [1.82, 2.24) is 24.6 Å². The van der Waals surface area contributed by atoms with Crippen molar-refractivity contribution >= 4 is 28.4 Å². The lowest BCUT2D eigenvalue weighted by molar-refractivity contribution is -0.133. The molecule has 0 bridgehead atoms. The molecule has 2 N–H and O–H groups in total. The Morgan fingerprint density at radius 3 is 2.68 bits per heavy atom. The third-order valence-electron chi connectivity index (χ3n) is 5.34. The van der Waals surface area contributed by atoms with Crippen LogP contribution in [0.25, 0.3) is 10.9 Å². The molecule has 0 radical (unpaired) electrons. The van der Waals surface area contributed by atoms with Gasteiger partial charge >= 0.3 is 0 Å². The summed E-state index contributed by atoms with van der Waals surface area (Å²) in [5, 5.41) is 7.12. The number of anilines is 1. The van der Waals surface area contributed by atoms with Gasteiger partial charge in [-0.05, 0) is 31.7 Å². The topological polar surface area (TPSA) is 103 Å². The number of rotatable bonds is 4. The second-order valence-electron chi connectivity index (χ2n) is 7.78. The zero-order valence-electron chi connectivity index (χ0n) is 17.3. The minimum Gasteiger partial charge on any atom is -0.339 e. The van der Waals surface area contributed by atoms with Crippen LogP contribution in [0.1, 0.15) is 15.9 Å². The Balaban J connectivity index is 1.50. The molecule has 4 rings (SSSR count). The van der Waals surface area contributed by atoms with Crippen molar-refractivity contribution in [2.45, 2.75) is 13.5 Å². The number of benzene rings is 1. The summed E-state index contributed by atoms with van der Waals surface area (Å²) in [5.74, 6) is -1.20. The zero-order valence-corrected chi connectivity index (χ0v) is 17.3. The van der Waals surface area contributed by atoms with E-state index in [1.807, 2.05) is 7.05 Å². The molecule has 2 aromatic heterocycles. The van der Waals surface area contributed by atoms with Crippen LogP contribution in [0.5, 0.6) is 0 Å². The van der Waals surface area contributed by atoms with Crippen LogP contribution < -0.4 is 10.9 Å². The molecule has 162 valence electrons. The average molecular weight is 426 g/mol. The van der Waals surface area contributed by atoms with E-state index in [0.717, 1.165) is 19.2 Å². The van der Waals surface area contributed by atoms with Gasteiger partial charge in [0.1, 0.15) is 12.4 Å². The van der Waals surface area contributed by atoms with E-state index >= 15 is 0 Å². The molecular weight excluding hydrogens is 403 g/mol. The van der Waals surface area contributed by atoms with Crippen LogP contribution in [-0.4, -0.2) is 69.6 Å². The van der Waals surface area contributed by atoms with Crippen molar-refractivity contribution < 1.29 is 14.0 Å². The molecule has 9 nitrogen and oxygen atoms in total. The van der Waals surface area contributed by atoms with Crippen LogP contribution in [0, 0.1) is 12.7 Å². The Bertz CT molecular complexity index is 1210. The number of fused-ring (bicyclic) bond motifs is 1. The van der Waals surface area contributed by atoms with Crippen LogP contribution in [-0.2, 0) is 11.3 Å². The summed E-state index contributed by atoms with van der Waals surface area (Å²) in [7, 11) is 2.02. The summed E-state index contributed by atoms with van der Waals surface area (Å²) in [4.78, 5) is 43.6. The summed E-state index contributed by atoms with van der Waals surface area (Å²) >= 11 is 0. The molecule has 2 amide bonds. The van der Waals surface area contributed by atoms with Gasteiger partial charge in [-0.3, -0.25) is 19.1 Å². The van der Waals surface area contributed by atoms with Crippen molar-refractivity contribution in [2.75, 3.05) is 38.5 Å². The molecule has 0 saturated carbocycles. The third-order valence-corrected chi connectivity index (χ3v) is 5.34. The van der Waals surface area contributed by atoms with Crippen molar-refractivity contribution in [1.29, 1.82) is 0 Å². The Morgan fingerprint density at radius 1 is 1.19 bits per heavy atom. The number of carbonyl (C=O) groups excluding carboxylic acids is 2. The van der Waals surface area contributed by atoms with Crippen molar-refractivity contribution in [3.8, 4) is 0 Å². The molecule has 1 aliphatic heterocycles. The van der Waals surface area contributed by atoms with Gasteiger partial charge < -0.3 is 20.1 Å². The molecule has 1 aromatic carbocycles. The number of likely N-dealkylation sites (N-methyl/N-ethyl adjacent to an activating group) is 1. The Kier molecular flexibility index (Phi) is 5.55. The number of hydrogen-bond acceptors (Lipinski definition) is 5. The molecule has 10 heteroatoms. The Labute approximate surface area is 177 Å². The molecule has 0 aliphatic carbocycles. The van der Waals surface area contributed by atoms with E-state index in [4.69, 9.17) is 0 Å². The van der Waals surface area contributed by atoms with Gasteiger partial charge in [0.15, 0.2) is 0 Å². The molecule has 3 aromatic rings.